The molecule has 2 N–H and O–H groups in total. The molecule has 0 bridgehead atoms. The molecular weight excluding hydrogens is 366 g/mol. The smallest absolute Gasteiger partial charge is 0.289 e. The van der Waals surface area contributed by atoms with Crippen LogP contribution in [0.1, 0.15) is 58.4 Å². The van der Waals surface area contributed by atoms with Crippen LogP contribution < -0.4 is 10.6 Å². The highest BCUT2D eigenvalue weighted by Crippen LogP contribution is 2.47. The third-order valence-electron chi connectivity index (χ3n) is 6.75. The van der Waals surface area contributed by atoms with E-state index in [9.17, 15) is 9.59 Å². The van der Waals surface area contributed by atoms with Gasteiger partial charge in [0.05, 0.1) is 5.56 Å². The van der Waals surface area contributed by atoms with Crippen molar-refractivity contribution < 1.29 is 14.0 Å². The van der Waals surface area contributed by atoms with E-state index in [2.05, 4.69) is 17.6 Å². The first-order chi connectivity index (χ1) is 14.0. The van der Waals surface area contributed by atoms with Crippen LogP contribution in [0, 0.1) is 18.8 Å². The van der Waals surface area contributed by atoms with Gasteiger partial charge in [0.15, 0.2) is 5.76 Å². The number of furan rings is 1. The molecule has 1 saturated heterocycles. The summed E-state index contributed by atoms with van der Waals surface area (Å²) < 4.78 is 5.76. The lowest BCUT2D eigenvalue weighted by Gasteiger charge is -2.42. The monoisotopic (exact) mass is 393 g/mol. The van der Waals surface area contributed by atoms with Gasteiger partial charge in [0.2, 0.25) is 0 Å². The predicted molar refractivity (Wildman–Crippen MR) is 110 cm³/mol. The molecule has 3 atom stereocenters. The number of nitrogens with zero attached hydrogens (tertiary/aromatic N) is 1. The van der Waals surface area contributed by atoms with Gasteiger partial charge in [-0.3, -0.25) is 9.59 Å². The van der Waals surface area contributed by atoms with Crippen molar-refractivity contribution in [2.24, 2.45) is 11.8 Å². The van der Waals surface area contributed by atoms with Crippen molar-refractivity contribution in [2.75, 3.05) is 18.4 Å². The lowest BCUT2D eigenvalue weighted by Crippen LogP contribution is -2.61. The molecule has 3 heterocycles. The number of hydrogen-bond donors (Lipinski definition) is 2. The Hall–Kier alpha value is -2.76. The molecule has 1 aromatic carbocycles. The molecule has 1 saturated carbocycles. The Morgan fingerprint density at radius 3 is 2.93 bits per heavy atom. The standard InChI is InChI=1S/C23H27N3O3/c1-3-4-16-6-8-20(29-16)22(28)26-12-15-9-10-23(18(15)13-26)24-19-7-5-14(2)11-17(19)21(27)25-23/h5-8,11,15,18,24H,3-4,9-10,12-13H2,1-2H3,(H,25,27)/t15-,18+,23?/m0/s1. The summed E-state index contributed by atoms with van der Waals surface area (Å²) in [4.78, 5) is 27.7. The number of aryl methyl sites for hydroxylation is 2. The van der Waals surface area contributed by atoms with Crippen LogP contribution in [0.3, 0.4) is 0 Å². The van der Waals surface area contributed by atoms with E-state index in [1.54, 1.807) is 6.07 Å². The molecule has 1 aromatic heterocycles. The zero-order valence-electron chi connectivity index (χ0n) is 17.0. The maximum atomic E-state index is 13.0. The van der Waals surface area contributed by atoms with E-state index in [-0.39, 0.29) is 17.7 Å². The summed E-state index contributed by atoms with van der Waals surface area (Å²) in [5, 5.41) is 6.88. The zero-order valence-corrected chi connectivity index (χ0v) is 17.0. The van der Waals surface area contributed by atoms with Gasteiger partial charge in [0, 0.05) is 31.1 Å². The van der Waals surface area contributed by atoms with E-state index in [4.69, 9.17) is 4.42 Å². The summed E-state index contributed by atoms with van der Waals surface area (Å²) in [6.45, 7) is 5.43. The van der Waals surface area contributed by atoms with Crippen molar-refractivity contribution in [1.82, 2.24) is 10.2 Å². The minimum atomic E-state index is -0.477. The summed E-state index contributed by atoms with van der Waals surface area (Å²) in [6.07, 6.45) is 3.70. The molecule has 29 heavy (non-hydrogen) atoms. The van der Waals surface area contributed by atoms with Crippen LogP contribution in [-0.4, -0.2) is 35.5 Å². The van der Waals surface area contributed by atoms with Gasteiger partial charge in [-0.1, -0.05) is 18.6 Å². The van der Waals surface area contributed by atoms with E-state index >= 15 is 0 Å². The summed E-state index contributed by atoms with van der Waals surface area (Å²) in [5.41, 5.74) is 2.18. The fourth-order valence-corrected chi connectivity index (χ4v) is 5.32. The summed E-state index contributed by atoms with van der Waals surface area (Å²) in [6, 6.07) is 9.63. The number of nitrogens with one attached hydrogen (secondary N) is 2. The molecular formula is C23H27N3O3. The highest BCUT2D eigenvalue weighted by molar-refractivity contribution is 6.02. The van der Waals surface area contributed by atoms with Gasteiger partial charge >= 0.3 is 0 Å². The van der Waals surface area contributed by atoms with Crippen LogP contribution >= 0.6 is 0 Å². The van der Waals surface area contributed by atoms with Gasteiger partial charge in [-0.2, -0.15) is 0 Å². The minimum absolute atomic E-state index is 0.0249. The van der Waals surface area contributed by atoms with E-state index < -0.39 is 5.66 Å². The lowest BCUT2D eigenvalue weighted by molar-refractivity contribution is 0.0735. The fraction of sp³-hybridized carbons (Fsp3) is 0.478. The zero-order chi connectivity index (χ0) is 20.2. The molecule has 1 unspecified atom stereocenters. The van der Waals surface area contributed by atoms with Crippen molar-refractivity contribution in [2.45, 2.75) is 45.2 Å². The Morgan fingerprint density at radius 2 is 2.10 bits per heavy atom. The Balaban J connectivity index is 1.36. The minimum Gasteiger partial charge on any atom is -0.456 e. The number of carbonyl (C=O) groups excluding carboxylic acids is 2. The van der Waals surface area contributed by atoms with Gasteiger partial charge in [-0.25, -0.2) is 0 Å². The van der Waals surface area contributed by atoms with Gasteiger partial charge in [-0.05, 0) is 56.4 Å². The van der Waals surface area contributed by atoms with Crippen molar-refractivity contribution in [1.29, 1.82) is 0 Å². The molecule has 0 radical (unpaired) electrons. The van der Waals surface area contributed by atoms with Crippen LogP contribution in [0.4, 0.5) is 5.69 Å². The molecule has 6 nitrogen and oxygen atoms in total. The number of carbonyl (C=O) groups is 2. The third kappa shape index (κ3) is 2.93. The van der Waals surface area contributed by atoms with Gasteiger partial charge in [0.25, 0.3) is 11.8 Å². The van der Waals surface area contributed by atoms with Crippen LogP contribution in [0.15, 0.2) is 34.7 Å². The number of fused-ring (bicyclic) bond motifs is 3. The second-order valence-electron chi connectivity index (χ2n) is 8.73. The number of benzene rings is 1. The number of rotatable bonds is 3. The number of anilines is 1. The maximum Gasteiger partial charge on any atom is 0.289 e. The molecule has 2 aliphatic heterocycles. The molecule has 152 valence electrons. The molecule has 1 spiro atoms. The van der Waals surface area contributed by atoms with Gasteiger partial charge in [-0.15, -0.1) is 0 Å². The van der Waals surface area contributed by atoms with Crippen molar-refractivity contribution in [3.63, 3.8) is 0 Å². The van der Waals surface area contributed by atoms with Crippen LogP contribution in [0.2, 0.25) is 0 Å². The molecule has 5 rings (SSSR count). The first-order valence-electron chi connectivity index (χ1n) is 10.6. The van der Waals surface area contributed by atoms with E-state index in [0.29, 0.717) is 30.3 Å². The Bertz CT molecular complexity index is 981. The SMILES string of the molecule is CCCc1ccc(C(=O)N2C[C@@H]3CCC4(NC(=O)c5cc(C)ccc5N4)[C@@H]3C2)o1. The largest absolute Gasteiger partial charge is 0.456 e. The summed E-state index contributed by atoms with van der Waals surface area (Å²) >= 11 is 0. The van der Waals surface area contributed by atoms with Crippen molar-refractivity contribution in [3.05, 3.63) is 53.0 Å². The third-order valence-corrected chi connectivity index (χ3v) is 6.75. The van der Waals surface area contributed by atoms with Crippen LogP contribution in [0.25, 0.3) is 0 Å². The van der Waals surface area contributed by atoms with E-state index in [1.807, 2.05) is 36.1 Å². The molecule has 2 amide bonds. The second-order valence-corrected chi connectivity index (χ2v) is 8.73. The lowest BCUT2D eigenvalue weighted by atomic mass is 9.89. The number of likely N-dealkylation sites (tertiary alicyclic amines) is 1. The average Bonchev–Trinajstić information content (AvgIpc) is 3.40. The molecule has 3 aliphatic rings. The number of amides is 2. The van der Waals surface area contributed by atoms with Crippen molar-refractivity contribution in [3.8, 4) is 0 Å². The first-order valence-corrected chi connectivity index (χ1v) is 10.6. The van der Waals surface area contributed by atoms with E-state index in [1.165, 1.54) is 0 Å². The maximum absolute atomic E-state index is 13.0. The van der Waals surface area contributed by atoms with Gasteiger partial charge in [0.1, 0.15) is 11.4 Å². The predicted octanol–water partition coefficient (Wildman–Crippen LogP) is 3.57. The Kier molecular flexibility index (Phi) is 4.19. The van der Waals surface area contributed by atoms with E-state index in [0.717, 1.165) is 42.7 Å². The fourth-order valence-electron chi connectivity index (χ4n) is 5.32. The average molecular weight is 393 g/mol. The summed E-state index contributed by atoms with van der Waals surface area (Å²) in [7, 11) is 0. The van der Waals surface area contributed by atoms with Crippen LogP contribution in [-0.2, 0) is 6.42 Å². The summed E-state index contributed by atoms with van der Waals surface area (Å²) in [5.74, 6) is 1.78. The number of hydrogen-bond acceptors (Lipinski definition) is 4. The highest BCUT2D eigenvalue weighted by atomic mass is 16.4. The molecule has 6 heteroatoms. The topological polar surface area (TPSA) is 74.6 Å². The first kappa shape index (κ1) is 18.3. The Morgan fingerprint density at radius 1 is 1.24 bits per heavy atom. The highest BCUT2D eigenvalue weighted by Gasteiger charge is 2.55. The molecule has 2 aromatic rings. The molecule has 1 aliphatic carbocycles. The normalized spacial score (nSPS) is 27.5. The molecule has 2 fully saturated rings. The van der Waals surface area contributed by atoms with Gasteiger partial charge < -0.3 is 20.0 Å². The quantitative estimate of drug-likeness (QED) is 0.836. The van der Waals surface area contributed by atoms with Crippen molar-refractivity contribution >= 4 is 17.5 Å². The van der Waals surface area contributed by atoms with Crippen LogP contribution in [0.5, 0.6) is 0 Å². The second kappa shape index (κ2) is 6.65. The Labute approximate surface area is 170 Å².